The van der Waals surface area contributed by atoms with Crippen LogP contribution in [0.3, 0.4) is 0 Å². The lowest BCUT2D eigenvalue weighted by Crippen LogP contribution is -2.44. The van der Waals surface area contributed by atoms with Gasteiger partial charge in [-0.05, 0) is 12.8 Å². The van der Waals surface area contributed by atoms with Gasteiger partial charge in [0, 0.05) is 19.5 Å². The van der Waals surface area contributed by atoms with Gasteiger partial charge in [0.1, 0.15) is 6.04 Å². The fourth-order valence-corrected chi connectivity index (χ4v) is 1.95. The zero-order valence-corrected chi connectivity index (χ0v) is 10.3. The molecular weight excluding hydrogens is 204 g/mol. The minimum Gasteiger partial charge on any atom is -0.344 e. The standard InChI is InChI=1S/C12H22N2O2/c1-3-5-6-8-14-9-7-11(15)13-10(4-2)12(14)16/h10H,3-9H2,1-2H3,(H,13,15). The molecule has 1 heterocycles. The van der Waals surface area contributed by atoms with Crippen molar-refractivity contribution in [2.75, 3.05) is 13.1 Å². The molecule has 0 bridgehead atoms. The number of nitrogens with zero attached hydrogens (tertiary/aromatic N) is 1. The van der Waals surface area contributed by atoms with Crippen molar-refractivity contribution in [3.05, 3.63) is 0 Å². The van der Waals surface area contributed by atoms with Gasteiger partial charge in [0.15, 0.2) is 0 Å². The maximum Gasteiger partial charge on any atom is 0.245 e. The van der Waals surface area contributed by atoms with E-state index >= 15 is 0 Å². The third kappa shape index (κ3) is 3.51. The van der Waals surface area contributed by atoms with E-state index in [2.05, 4.69) is 12.2 Å². The summed E-state index contributed by atoms with van der Waals surface area (Å²) in [5, 5.41) is 2.77. The summed E-state index contributed by atoms with van der Waals surface area (Å²) >= 11 is 0. The molecule has 0 aromatic rings. The first kappa shape index (κ1) is 13.0. The Hall–Kier alpha value is -1.06. The first-order chi connectivity index (χ1) is 7.69. The van der Waals surface area contributed by atoms with E-state index in [-0.39, 0.29) is 17.9 Å². The van der Waals surface area contributed by atoms with Gasteiger partial charge in [-0.25, -0.2) is 0 Å². The van der Waals surface area contributed by atoms with Crippen LogP contribution in [-0.2, 0) is 9.59 Å². The molecule has 1 rings (SSSR count). The molecule has 92 valence electrons. The Labute approximate surface area is 97.4 Å². The van der Waals surface area contributed by atoms with Crippen LogP contribution in [0.15, 0.2) is 0 Å². The van der Waals surface area contributed by atoms with Gasteiger partial charge in [0.05, 0.1) is 0 Å². The van der Waals surface area contributed by atoms with Crippen molar-refractivity contribution in [2.24, 2.45) is 0 Å². The van der Waals surface area contributed by atoms with Crippen LogP contribution < -0.4 is 5.32 Å². The molecule has 1 atom stereocenters. The summed E-state index contributed by atoms with van der Waals surface area (Å²) in [7, 11) is 0. The lowest BCUT2D eigenvalue weighted by atomic mass is 10.2. The number of carbonyl (C=O) groups excluding carboxylic acids is 2. The first-order valence-corrected chi connectivity index (χ1v) is 6.27. The molecule has 1 aliphatic heterocycles. The van der Waals surface area contributed by atoms with E-state index in [1.54, 1.807) is 0 Å². The van der Waals surface area contributed by atoms with Gasteiger partial charge in [-0.3, -0.25) is 9.59 Å². The van der Waals surface area contributed by atoms with Crippen molar-refractivity contribution < 1.29 is 9.59 Å². The van der Waals surface area contributed by atoms with Crippen molar-refractivity contribution in [1.82, 2.24) is 10.2 Å². The maximum absolute atomic E-state index is 12.0. The highest BCUT2D eigenvalue weighted by molar-refractivity contribution is 5.89. The molecule has 1 saturated heterocycles. The van der Waals surface area contributed by atoms with Crippen molar-refractivity contribution in [3.63, 3.8) is 0 Å². The van der Waals surface area contributed by atoms with Crippen LogP contribution in [0.2, 0.25) is 0 Å². The van der Waals surface area contributed by atoms with Crippen LogP contribution in [0.1, 0.15) is 46.0 Å². The summed E-state index contributed by atoms with van der Waals surface area (Å²) in [6, 6.07) is -0.309. The van der Waals surface area contributed by atoms with Crippen LogP contribution in [0, 0.1) is 0 Å². The van der Waals surface area contributed by atoms with E-state index in [4.69, 9.17) is 0 Å². The first-order valence-electron chi connectivity index (χ1n) is 6.27. The Morgan fingerprint density at radius 2 is 2.06 bits per heavy atom. The van der Waals surface area contributed by atoms with E-state index in [0.717, 1.165) is 25.8 Å². The lowest BCUT2D eigenvalue weighted by Gasteiger charge is -2.23. The molecule has 0 aromatic carbocycles. The largest absolute Gasteiger partial charge is 0.344 e. The molecule has 0 aromatic heterocycles. The molecule has 16 heavy (non-hydrogen) atoms. The predicted octanol–water partition coefficient (Wildman–Crippen LogP) is 1.30. The Kier molecular flexibility index (Phi) is 5.29. The summed E-state index contributed by atoms with van der Waals surface area (Å²) < 4.78 is 0. The number of unbranched alkanes of at least 4 members (excludes halogenated alkanes) is 2. The maximum atomic E-state index is 12.0. The number of nitrogens with one attached hydrogen (secondary N) is 1. The molecule has 0 saturated carbocycles. The highest BCUT2D eigenvalue weighted by Crippen LogP contribution is 2.08. The topological polar surface area (TPSA) is 49.4 Å². The molecule has 4 nitrogen and oxygen atoms in total. The normalized spacial score (nSPS) is 21.9. The van der Waals surface area contributed by atoms with E-state index in [9.17, 15) is 9.59 Å². The highest BCUT2D eigenvalue weighted by atomic mass is 16.2. The Bertz CT molecular complexity index is 253. The summed E-state index contributed by atoms with van der Waals surface area (Å²) in [4.78, 5) is 25.2. The Morgan fingerprint density at radius 1 is 1.31 bits per heavy atom. The fraction of sp³-hybridized carbons (Fsp3) is 0.833. The number of hydrogen-bond acceptors (Lipinski definition) is 2. The molecule has 1 N–H and O–H groups in total. The lowest BCUT2D eigenvalue weighted by molar-refractivity contribution is -0.133. The molecule has 0 spiro atoms. The summed E-state index contributed by atoms with van der Waals surface area (Å²) in [5.41, 5.74) is 0. The van der Waals surface area contributed by atoms with E-state index in [0.29, 0.717) is 19.4 Å². The van der Waals surface area contributed by atoms with Gasteiger partial charge in [-0.1, -0.05) is 26.7 Å². The van der Waals surface area contributed by atoms with Crippen LogP contribution in [-0.4, -0.2) is 35.8 Å². The predicted molar refractivity (Wildman–Crippen MR) is 62.9 cm³/mol. The fourth-order valence-electron chi connectivity index (χ4n) is 1.95. The third-order valence-electron chi connectivity index (χ3n) is 2.99. The molecule has 0 aliphatic carbocycles. The zero-order chi connectivity index (χ0) is 12.0. The van der Waals surface area contributed by atoms with Gasteiger partial charge in [-0.15, -0.1) is 0 Å². The average molecular weight is 226 g/mol. The van der Waals surface area contributed by atoms with Crippen molar-refractivity contribution in [3.8, 4) is 0 Å². The monoisotopic (exact) mass is 226 g/mol. The molecular formula is C12H22N2O2. The van der Waals surface area contributed by atoms with Crippen molar-refractivity contribution in [2.45, 2.75) is 52.0 Å². The second-order valence-corrected chi connectivity index (χ2v) is 4.31. The third-order valence-corrected chi connectivity index (χ3v) is 2.99. The zero-order valence-electron chi connectivity index (χ0n) is 10.3. The molecule has 4 heteroatoms. The van der Waals surface area contributed by atoms with Crippen molar-refractivity contribution >= 4 is 11.8 Å². The van der Waals surface area contributed by atoms with Crippen molar-refractivity contribution in [1.29, 1.82) is 0 Å². The Balaban J connectivity index is 2.54. The average Bonchev–Trinajstić information content (AvgIpc) is 2.41. The number of hydrogen-bond donors (Lipinski definition) is 1. The van der Waals surface area contributed by atoms with Crippen LogP contribution in [0.5, 0.6) is 0 Å². The van der Waals surface area contributed by atoms with Gasteiger partial charge < -0.3 is 10.2 Å². The number of rotatable bonds is 5. The van der Waals surface area contributed by atoms with Crippen LogP contribution in [0.25, 0.3) is 0 Å². The van der Waals surface area contributed by atoms with Gasteiger partial charge >= 0.3 is 0 Å². The summed E-state index contributed by atoms with van der Waals surface area (Å²) in [6.45, 7) is 5.44. The quantitative estimate of drug-likeness (QED) is 0.718. The smallest absolute Gasteiger partial charge is 0.245 e. The van der Waals surface area contributed by atoms with Gasteiger partial charge in [0.25, 0.3) is 0 Å². The number of amides is 2. The highest BCUT2D eigenvalue weighted by Gasteiger charge is 2.27. The minimum absolute atomic E-state index is 0.00167. The SMILES string of the molecule is CCCCCN1CCC(=O)NC(CC)C1=O. The van der Waals surface area contributed by atoms with E-state index < -0.39 is 0 Å². The summed E-state index contributed by atoms with van der Waals surface area (Å²) in [6.07, 6.45) is 4.44. The van der Waals surface area contributed by atoms with E-state index in [1.165, 1.54) is 0 Å². The minimum atomic E-state index is -0.309. The molecule has 1 aliphatic rings. The Morgan fingerprint density at radius 3 is 2.69 bits per heavy atom. The molecule has 1 unspecified atom stereocenters. The van der Waals surface area contributed by atoms with E-state index in [1.807, 2.05) is 11.8 Å². The molecule has 0 radical (unpaired) electrons. The summed E-state index contributed by atoms with van der Waals surface area (Å²) in [5.74, 6) is 0.0858. The van der Waals surface area contributed by atoms with Gasteiger partial charge in [-0.2, -0.15) is 0 Å². The second-order valence-electron chi connectivity index (χ2n) is 4.31. The molecule has 1 fully saturated rings. The second kappa shape index (κ2) is 6.51. The van der Waals surface area contributed by atoms with Gasteiger partial charge in [0.2, 0.25) is 11.8 Å². The molecule has 2 amide bonds. The van der Waals surface area contributed by atoms with Crippen LogP contribution >= 0.6 is 0 Å². The van der Waals surface area contributed by atoms with Crippen LogP contribution in [0.4, 0.5) is 0 Å². The number of carbonyl (C=O) groups is 2.